The van der Waals surface area contributed by atoms with Crippen molar-refractivity contribution in [2.24, 2.45) is 0 Å². The van der Waals surface area contributed by atoms with Gasteiger partial charge in [-0.2, -0.15) is 0 Å². The standard InChI is InChI=1S/C25H23N/c1-26(2)25(22-13-5-3-6-14-22,23-15-7-4-8-16-23)24-18-17-20-11-9-10-12-21(20)19-24/h3-19H,1-2H3. The van der Waals surface area contributed by atoms with Crippen molar-refractivity contribution in [1.29, 1.82) is 0 Å². The molecule has 0 saturated heterocycles. The lowest BCUT2D eigenvalue weighted by molar-refractivity contribution is 0.247. The maximum atomic E-state index is 2.33. The fourth-order valence-corrected chi connectivity index (χ4v) is 4.05. The average molecular weight is 337 g/mol. The van der Waals surface area contributed by atoms with Gasteiger partial charge in [0.05, 0.1) is 5.54 Å². The van der Waals surface area contributed by atoms with E-state index in [1.54, 1.807) is 0 Å². The predicted molar refractivity (Wildman–Crippen MR) is 110 cm³/mol. The third-order valence-electron chi connectivity index (χ3n) is 5.22. The second-order valence-corrected chi connectivity index (χ2v) is 6.90. The molecular formula is C25H23N. The molecule has 0 amide bonds. The summed E-state index contributed by atoms with van der Waals surface area (Å²) in [5, 5.41) is 2.54. The number of fused-ring (bicyclic) bond motifs is 1. The molecule has 0 saturated carbocycles. The van der Waals surface area contributed by atoms with E-state index in [0.717, 1.165) is 0 Å². The Morgan fingerprint density at radius 2 is 1.00 bits per heavy atom. The van der Waals surface area contributed by atoms with E-state index in [1.165, 1.54) is 27.5 Å². The lowest BCUT2D eigenvalue weighted by Gasteiger charge is -2.42. The van der Waals surface area contributed by atoms with Crippen LogP contribution in [0.2, 0.25) is 0 Å². The largest absolute Gasteiger partial charge is 0.292 e. The molecule has 0 bridgehead atoms. The number of hydrogen-bond donors (Lipinski definition) is 0. The van der Waals surface area contributed by atoms with Gasteiger partial charge in [0.1, 0.15) is 0 Å². The van der Waals surface area contributed by atoms with Crippen LogP contribution < -0.4 is 0 Å². The van der Waals surface area contributed by atoms with Crippen molar-refractivity contribution < 1.29 is 0 Å². The molecule has 4 aromatic rings. The Labute approximate surface area is 155 Å². The third-order valence-corrected chi connectivity index (χ3v) is 5.22. The van der Waals surface area contributed by atoms with Gasteiger partial charge in [0.15, 0.2) is 0 Å². The van der Waals surface area contributed by atoms with E-state index in [-0.39, 0.29) is 5.54 Å². The first kappa shape index (κ1) is 16.6. The highest BCUT2D eigenvalue weighted by Crippen LogP contribution is 2.41. The van der Waals surface area contributed by atoms with Crippen molar-refractivity contribution in [3.05, 3.63) is 120 Å². The van der Waals surface area contributed by atoms with Crippen LogP contribution in [0.3, 0.4) is 0 Å². The van der Waals surface area contributed by atoms with Crippen LogP contribution in [0.25, 0.3) is 10.8 Å². The number of hydrogen-bond acceptors (Lipinski definition) is 1. The highest BCUT2D eigenvalue weighted by Gasteiger charge is 2.38. The Morgan fingerprint density at radius 3 is 1.54 bits per heavy atom. The van der Waals surface area contributed by atoms with Crippen LogP contribution in [0.4, 0.5) is 0 Å². The van der Waals surface area contributed by atoms with Gasteiger partial charge in [0.25, 0.3) is 0 Å². The summed E-state index contributed by atoms with van der Waals surface area (Å²) < 4.78 is 0. The first-order valence-corrected chi connectivity index (χ1v) is 9.00. The first-order valence-electron chi connectivity index (χ1n) is 9.00. The van der Waals surface area contributed by atoms with Crippen molar-refractivity contribution in [2.45, 2.75) is 5.54 Å². The van der Waals surface area contributed by atoms with Gasteiger partial charge >= 0.3 is 0 Å². The Morgan fingerprint density at radius 1 is 0.500 bits per heavy atom. The topological polar surface area (TPSA) is 3.24 Å². The Bertz CT molecular complexity index is 964. The van der Waals surface area contributed by atoms with Crippen molar-refractivity contribution in [2.75, 3.05) is 14.1 Å². The monoisotopic (exact) mass is 337 g/mol. The highest BCUT2D eigenvalue weighted by molar-refractivity contribution is 5.83. The number of nitrogens with zero attached hydrogens (tertiary/aromatic N) is 1. The minimum Gasteiger partial charge on any atom is -0.292 e. The van der Waals surface area contributed by atoms with Crippen molar-refractivity contribution in [3.63, 3.8) is 0 Å². The molecule has 26 heavy (non-hydrogen) atoms. The molecule has 0 radical (unpaired) electrons. The lowest BCUT2D eigenvalue weighted by Crippen LogP contribution is -2.43. The minimum absolute atomic E-state index is 0.341. The molecule has 0 unspecified atom stereocenters. The molecule has 0 atom stereocenters. The van der Waals surface area contributed by atoms with Crippen molar-refractivity contribution >= 4 is 10.8 Å². The van der Waals surface area contributed by atoms with Gasteiger partial charge in [-0.15, -0.1) is 0 Å². The molecule has 0 aliphatic heterocycles. The van der Waals surface area contributed by atoms with Crippen LogP contribution in [0.5, 0.6) is 0 Å². The normalized spacial score (nSPS) is 11.8. The number of rotatable bonds is 4. The van der Waals surface area contributed by atoms with Crippen LogP contribution >= 0.6 is 0 Å². The van der Waals surface area contributed by atoms with Crippen LogP contribution in [-0.2, 0) is 5.54 Å². The SMILES string of the molecule is CN(C)C(c1ccccc1)(c1ccccc1)c1ccc2ccccc2c1. The number of benzene rings is 4. The summed E-state index contributed by atoms with van der Waals surface area (Å²) in [6.45, 7) is 0. The molecule has 4 aromatic carbocycles. The third kappa shape index (κ3) is 2.61. The van der Waals surface area contributed by atoms with Crippen LogP contribution in [0.1, 0.15) is 16.7 Å². The fraction of sp³-hybridized carbons (Fsp3) is 0.120. The van der Waals surface area contributed by atoms with E-state index in [2.05, 4.69) is 122 Å². The molecule has 0 aliphatic carbocycles. The molecule has 0 N–H and O–H groups in total. The molecule has 0 aromatic heterocycles. The molecule has 128 valence electrons. The summed E-state index contributed by atoms with van der Waals surface area (Å²) in [6, 6.07) is 36.9. The Kier molecular flexibility index (Phi) is 4.32. The maximum Gasteiger partial charge on any atom is 0.0968 e. The summed E-state index contributed by atoms with van der Waals surface area (Å²) in [5.74, 6) is 0. The maximum absolute atomic E-state index is 2.33. The summed E-state index contributed by atoms with van der Waals surface area (Å²) >= 11 is 0. The zero-order valence-electron chi connectivity index (χ0n) is 15.3. The van der Waals surface area contributed by atoms with Gasteiger partial charge in [0.2, 0.25) is 0 Å². The minimum atomic E-state index is -0.341. The lowest BCUT2D eigenvalue weighted by atomic mass is 9.75. The molecule has 4 rings (SSSR count). The summed E-state index contributed by atoms with van der Waals surface area (Å²) in [4.78, 5) is 2.32. The predicted octanol–water partition coefficient (Wildman–Crippen LogP) is 5.69. The average Bonchev–Trinajstić information content (AvgIpc) is 2.70. The fourth-order valence-electron chi connectivity index (χ4n) is 4.05. The molecular weight excluding hydrogens is 314 g/mol. The summed E-state index contributed by atoms with van der Waals surface area (Å²) in [6.07, 6.45) is 0. The van der Waals surface area contributed by atoms with Gasteiger partial charge in [-0.3, -0.25) is 4.90 Å². The van der Waals surface area contributed by atoms with Crippen molar-refractivity contribution in [1.82, 2.24) is 4.90 Å². The molecule has 0 spiro atoms. The van der Waals surface area contributed by atoms with Gasteiger partial charge in [-0.1, -0.05) is 97.1 Å². The highest BCUT2D eigenvalue weighted by atomic mass is 15.1. The van der Waals surface area contributed by atoms with Gasteiger partial charge in [-0.05, 0) is 47.6 Å². The van der Waals surface area contributed by atoms with E-state index in [9.17, 15) is 0 Å². The van der Waals surface area contributed by atoms with E-state index < -0.39 is 0 Å². The molecule has 1 heteroatoms. The van der Waals surface area contributed by atoms with E-state index in [1.807, 2.05) is 0 Å². The second kappa shape index (κ2) is 6.78. The van der Waals surface area contributed by atoms with Crippen LogP contribution in [-0.4, -0.2) is 19.0 Å². The van der Waals surface area contributed by atoms with E-state index in [0.29, 0.717) is 0 Å². The van der Waals surface area contributed by atoms with E-state index in [4.69, 9.17) is 0 Å². The van der Waals surface area contributed by atoms with Gasteiger partial charge in [-0.25, -0.2) is 0 Å². The smallest absolute Gasteiger partial charge is 0.0968 e. The van der Waals surface area contributed by atoms with Crippen molar-refractivity contribution in [3.8, 4) is 0 Å². The molecule has 1 nitrogen and oxygen atoms in total. The van der Waals surface area contributed by atoms with Gasteiger partial charge in [0, 0.05) is 0 Å². The Balaban J connectivity index is 2.06. The van der Waals surface area contributed by atoms with E-state index >= 15 is 0 Å². The zero-order chi connectivity index (χ0) is 18.0. The Hall–Kier alpha value is -2.90. The quantitative estimate of drug-likeness (QED) is 0.432. The second-order valence-electron chi connectivity index (χ2n) is 6.90. The molecule has 0 aliphatic rings. The summed E-state index contributed by atoms with van der Waals surface area (Å²) in [7, 11) is 4.32. The van der Waals surface area contributed by atoms with Gasteiger partial charge < -0.3 is 0 Å². The van der Waals surface area contributed by atoms with Crippen LogP contribution in [0, 0.1) is 0 Å². The van der Waals surface area contributed by atoms with Crippen LogP contribution in [0.15, 0.2) is 103 Å². The molecule has 0 fully saturated rings. The first-order chi connectivity index (χ1) is 12.7. The molecule has 0 heterocycles. The zero-order valence-corrected chi connectivity index (χ0v) is 15.3. The summed E-state index contributed by atoms with van der Waals surface area (Å²) in [5.41, 5.74) is 3.48.